The molecule has 0 heteroatoms. The number of hydrogen-bond donors (Lipinski definition) is 0. The summed E-state index contributed by atoms with van der Waals surface area (Å²) in [6.45, 7) is 6.43. The number of allylic oxidation sites excluding steroid dienone is 2. The number of rotatable bonds is 4. The summed E-state index contributed by atoms with van der Waals surface area (Å²) in [7, 11) is 0. The number of hydrogen-bond acceptors (Lipinski definition) is 0. The molecule has 0 fully saturated rings. The molecule has 3 aromatic carbocycles. The van der Waals surface area contributed by atoms with E-state index in [2.05, 4.69) is 92.4 Å². The molecule has 0 amide bonds. The molecule has 0 atom stereocenters. The molecule has 0 bridgehead atoms. The highest BCUT2D eigenvalue weighted by Gasteiger charge is 2.14. The van der Waals surface area contributed by atoms with Crippen molar-refractivity contribution < 1.29 is 0 Å². The van der Waals surface area contributed by atoms with Gasteiger partial charge in [-0.25, -0.2) is 0 Å². The fraction of sp³-hybridized carbons (Fsp3) is 0.120. The maximum atomic E-state index is 4.30. The molecule has 1 aliphatic rings. The standard InChI is InChI=1S/C25H22/c1-18-7-6-10-22(13-18)19(2)14-20-11-12-23-16-25(17-24(23)15-20)21-8-4-3-5-9-21/h3-13,15,17H,2,14,16H2,1H3. The van der Waals surface area contributed by atoms with Crippen molar-refractivity contribution in [3.63, 3.8) is 0 Å². The molecule has 4 rings (SSSR count). The average molecular weight is 322 g/mol. The average Bonchev–Trinajstić information content (AvgIpc) is 3.06. The predicted octanol–water partition coefficient (Wildman–Crippen LogP) is 6.35. The summed E-state index contributed by atoms with van der Waals surface area (Å²) in [5.74, 6) is 0. The second-order valence-corrected chi connectivity index (χ2v) is 6.90. The highest BCUT2D eigenvalue weighted by molar-refractivity contribution is 5.88. The van der Waals surface area contributed by atoms with Gasteiger partial charge >= 0.3 is 0 Å². The monoisotopic (exact) mass is 322 g/mol. The van der Waals surface area contributed by atoms with Crippen LogP contribution in [0.15, 0.2) is 79.4 Å². The number of fused-ring (bicyclic) bond motifs is 1. The zero-order valence-corrected chi connectivity index (χ0v) is 14.6. The van der Waals surface area contributed by atoms with E-state index in [0.29, 0.717) is 0 Å². The summed E-state index contributed by atoms with van der Waals surface area (Å²) in [5, 5.41) is 0. The Morgan fingerprint density at radius 1 is 0.920 bits per heavy atom. The van der Waals surface area contributed by atoms with E-state index in [4.69, 9.17) is 0 Å². The van der Waals surface area contributed by atoms with Crippen LogP contribution in [0.2, 0.25) is 0 Å². The summed E-state index contributed by atoms with van der Waals surface area (Å²) in [4.78, 5) is 0. The number of aryl methyl sites for hydroxylation is 1. The summed E-state index contributed by atoms with van der Waals surface area (Å²) >= 11 is 0. The van der Waals surface area contributed by atoms with Crippen LogP contribution in [0, 0.1) is 6.92 Å². The molecule has 0 aromatic heterocycles. The third kappa shape index (κ3) is 3.34. The van der Waals surface area contributed by atoms with Gasteiger partial charge in [0.2, 0.25) is 0 Å². The lowest BCUT2D eigenvalue weighted by molar-refractivity contribution is 1.24. The van der Waals surface area contributed by atoms with E-state index in [0.717, 1.165) is 12.8 Å². The van der Waals surface area contributed by atoms with Crippen LogP contribution in [0.3, 0.4) is 0 Å². The first-order valence-corrected chi connectivity index (χ1v) is 8.82. The third-order valence-electron chi connectivity index (χ3n) is 4.91. The molecule has 3 aromatic rings. The molecular formula is C25H22. The molecule has 0 saturated heterocycles. The molecule has 0 unspecified atom stereocenters. The first kappa shape index (κ1) is 15.7. The number of benzene rings is 3. The quantitative estimate of drug-likeness (QED) is 0.525. The van der Waals surface area contributed by atoms with Gasteiger partial charge in [-0.1, -0.05) is 91.0 Å². The molecule has 1 aliphatic carbocycles. The lowest BCUT2D eigenvalue weighted by Crippen LogP contribution is -1.92. The van der Waals surface area contributed by atoms with Gasteiger partial charge in [-0.05, 0) is 58.7 Å². The van der Waals surface area contributed by atoms with E-state index in [1.807, 2.05) is 0 Å². The van der Waals surface area contributed by atoms with E-state index in [-0.39, 0.29) is 0 Å². The van der Waals surface area contributed by atoms with Gasteiger partial charge in [-0.3, -0.25) is 0 Å². The molecule has 0 heterocycles. The fourth-order valence-corrected chi connectivity index (χ4v) is 3.54. The van der Waals surface area contributed by atoms with E-state index in [1.54, 1.807) is 0 Å². The maximum Gasteiger partial charge on any atom is -0.00137 e. The molecule has 0 spiro atoms. The Hall–Kier alpha value is -2.86. The molecular weight excluding hydrogens is 300 g/mol. The van der Waals surface area contributed by atoms with Crippen LogP contribution < -0.4 is 0 Å². The van der Waals surface area contributed by atoms with Crippen LogP contribution in [0.1, 0.15) is 33.4 Å². The Balaban J connectivity index is 1.56. The summed E-state index contributed by atoms with van der Waals surface area (Å²) in [5.41, 5.74) is 10.5. The predicted molar refractivity (Wildman–Crippen MR) is 108 cm³/mol. The summed E-state index contributed by atoms with van der Waals surface area (Å²) in [6, 6.07) is 26.1. The van der Waals surface area contributed by atoms with Crippen LogP contribution >= 0.6 is 0 Å². The molecule has 0 N–H and O–H groups in total. The minimum absolute atomic E-state index is 0.894. The van der Waals surface area contributed by atoms with Gasteiger partial charge < -0.3 is 0 Å². The Morgan fingerprint density at radius 3 is 2.56 bits per heavy atom. The molecule has 122 valence electrons. The van der Waals surface area contributed by atoms with E-state index in [9.17, 15) is 0 Å². The first-order chi connectivity index (χ1) is 12.2. The van der Waals surface area contributed by atoms with Gasteiger partial charge in [0.15, 0.2) is 0 Å². The van der Waals surface area contributed by atoms with Gasteiger partial charge in [0, 0.05) is 0 Å². The van der Waals surface area contributed by atoms with Crippen molar-refractivity contribution >= 4 is 17.2 Å². The van der Waals surface area contributed by atoms with Crippen molar-refractivity contribution in [2.75, 3.05) is 0 Å². The summed E-state index contributed by atoms with van der Waals surface area (Å²) < 4.78 is 0. The zero-order valence-electron chi connectivity index (χ0n) is 14.6. The summed E-state index contributed by atoms with van der Waals surface area (Å²) in [6.07, 6.45) is 4.26. The first-order valence-electron chi connectivity index (χ1n) is 8.82. The van der Waals surface area contributed by atoms with Crippen LogP contribution in [0.4, 0.5) is 0 Å². The normalized spacial score (nSPS) is 12.6. The minimum atomic E-state index is 0.894. The van der Waals surface area contributed by atoms with Gasteiger partial charge in [-0.15, -0.1) is 0 Å². The maximum absolute atomic E-state index is 4.30. The zero-order chi connectivity index (χ0) is 17.2. The molecule has 0 saturated carbocycles. The Bertz CT molecular complexity index is 958. The van der Waals surface area contributed by atoms with Crippen molar-refractivity contribution in [3.05, 3.63) is 113 Å². The van der Waals surface area contributed by atoms with Gasteiger partial charge in [0.05, 0.1) is 0 Å². The van der Waals surface area contributed by atoms with Crippen LogP contribution in [0.25, 0.3) is 17.2 Å². The van der Waals surface area contributed by atoms with E-state index < -0.39 is 0 Å². The molecule has 0 radical (unpaired) electrons. The van der Waals surface area contributed by atoms with Crippen LogP contribution in [-0.2, 0) is 12.8 Å². The topological polar surface area (TPSA) is 0 Å². The lowest BCUT2D eigenvalue weighted by atomic mass is 9.96. The SMILES string of the molecule is C=C(Cc1ccc2c(c1)C=C(c1ccccc1)C2)c1cccc(C)c1. The van der Waals surface area contributed by atoms with Gasteiger partial charge in [0.1, 0.15) is 0 Å². The smallest absolute Gasteiger partial charge is 0.00137 e. The fourth-order valence-electron chi connectivity index (χ4n) is 3.54. The second kappa shape index (κ2) is 6.57. The molecule has 0 aliphatic heterocycles. The van der Waals surface area contributed by atoms with Crippen molar-refractivity contribution in [1.82, 2.24) is 0 Å². The van der Waals surface area contributed by atoms with Gasteiger partial charge in [0.25, 0.3) is 0 Å². The van der Waals surface area contributed by atoms with Crippen molar-refractivity contribution in [3.8, 4) is 0 Å². The van der Waals surface area contributed by atoms with Gasteiger partial charge in [-0.2, -0.15) is 0 Å². The Labute approximate surface area is 150 Å². The Morgan fingerprint density at radius 2 is 1.76 bits per heavy atom. The molecule has 25 heavy (non-hydrogen) atoms. The van der Waals surface area contributed by atoms with Crippen LogP contribution in [0.5, 0.6) is 0 Å². The molecule has 0 nitrogen and oxygen atoms in total. The van der Waals surface area contributed by atoms with Crippen molar-refractivity contribution in [1.29, 1.82) is 0 Å². The third-order valence-corrected chi connectivity index (χ3v) is 4.91. The van der Waals surface area contributed by atoms with E-state index in [1.165, 1.54) is 44.5 Å². The highest BCUT2D eigenvalue weighted by Crippen LogP contribution is 2.32. The second-order valence-electron chi connectivity index (χ2n) is 6.90. The Kier molecular flexibility index (Phi) is 4.11. The van der Waals surface area contributed by atoms with E-state index >= 15 is 0 Å². The van der Waals surface area contributed by atoms with Crippen molar-refractivity contribution in [2.24, 2.45) is 0 Å². The highest BCUT2D eigenvalue weighted by atomic mass is 14.2. The lowest BCUT2D eigenvalue weighted by Gasteiger charge is -2.09. The van der Waals surface area contributed by atoms with Crippen LogP contribution in [-0.4, -0.2) is 0 Å². The largest absolute Gasteiger partial charge is 0.0949 e. The minimum Gasteiger partial charge on any atom is -0.0949 e. The van der Waals surface area contributed by atoms with Crippen molar-refractivity contribution in [2.45, 2.75) is 19.8 Å².